The first-order valence-corrected chi connectivity index (χ1v) is 8.56. The lowest BCUT2D eigenvalue weighted by Crippen LogP contribution is -2.31. The molecule has 1 atom stereocenters. The second-order valence-corrected chi connectivity index (χ2v) is 5.58. The van der Waals surface area contributed by atoms with Crippen LogP contribution in [0, 0.1) is 5.92 Å². The van der Waals surface area contributed by atoms with Gasteiger partial charge in [0.2, 0.25) is 0 Å². The number of nitrogens with one attached hydrogen (secondary N) is 2. The number of benzene rings is 1. The maximum absolute atomic E-state index is 9.17. The van der Waals surface area contributed by atoms with Crippen molar-refractivity contribution in [3.05, 3.63) is 18.2 Å². The number of rotatable bonds is 10. The number of anilines is 1. The Bertz CT molecular complexity index is 500. The van der Waals surface area contributed by atoms with Gasteiger partial charge in [0.25, 0.3) is 0 Å². The van der Waals surface area contributed by atoms with Crippen molar-refractivity contribution in [1.29, 1.82) is 0 Å². The molecule has 1 rings (SSSR count). The lowest BCUT2D eigenvalue weighted by atomic mass is 10.0. The quantitative estimate of drug-likeness (QED) is 0.452. The monoisotopic (exact) mass is 337 g/mol. The van der Waals surface area contributed by atoms with Crippen molar-refractivity contribution < 1.29 is 14.6 Å². The zero-order chi connectivity index (χ0) is 17.8. The summed E-state index contributed by atoms with van der Waals surface area (Å²) in [5.74, 6) is 2.49. The summed E-state index contributed by atoms with van der Waals surface area (Å²) in [6, 6.07) is 5.66. The Morgan fingerprint density at radius 3 is 2.50 bits per heavy atom. The number of aliphatic imine (C=N–C) groups is 1. The molecule has 0 aliphatic heterocycles. The molecular weight excluding hydrogens is 306 g/mol. The average Bonchev–Trinajstić information content (AvgIpc) is 2.59. The van der Waals surface area contributed by atoms with Gasteiger partial charge in [-0.15, -0.1) is 0 Å². The maximum Gasteiger partial charge on any atom is 0.195 e. The molecule has 0 aliphatic rings. The molecule has 0 spiro atoms. The first-order chi connectivity index (χ1) is 11.7. The Labute approximate surface area is 145 Å². The van der Waals surface area contributed by atoms with Gasteiger partial charge in [0, 0.05) is 31.5 Å². The van der Waals surface area contributed by atoms with E-state index < -0.39 is 0 Å². The number of aliphatic hydroxyl groups excluding tert-OH is 1. The normalized spacial score (nSPS) is 12.6. The maximum atomic E-state index is 9.17. The van der Waals surface area contributed by atoms with E-state index in [1.54, 1.807) is 14.2 Å². The highest BCUT2D eigenvalue weighted by atomic mass is 16.5. The van der Waals surface area contributed by atoms with E-state index in [2.05, 4.69) is 22.5 Å². The molecule has 0 aliphatic carbocycles. The van der Waals surface area contributed by atoms with Crippen LogP contribution in [0.15, 0.2) is 23.2 Å². The molecule has 1 aromatic carbocycles. The molecule has 0 radical (unpaired) electrons. The number of ether oxygens (including phenoxy) is 2. The van der Waals surface area contributed by atoms with E-state index in [1.807, 2.05) is 25.1 Å². The van der Waals surface area contributed by atoms with Crippen molar-refractivity contribution in [2.45, 2.75) is 33.1 Å². The Hall–Kier alpha value is -1.95. The summed E-state index contributed by atoms with van der Waals surface area (Å²) >= 11 is 0. The van der Waals surface area contributed by atoms with Crippen LogP contribution in [0.1, 0.15) is 33.1 Å². The van der Waals surface area contributed by atoms with Gasteiger partial charge in [-0.25, -0.2) is 0 Å². The minimum Gasteiger partial charge on any atom is -0.493 e. The van der Waals surface area contributed by atoms with Crippen LogP contribution >= 0.6 is 0 Å². The summed E-state index contributed by atoms with van der Waals surface area (Å²) in [6.45, 7) is 5.86. The molecule has 0 heterocycles. The second-order valence-electron chi connectivity index (χ2n) is 5.58. The molecule has 0 bridgehead atoms. The summed E-state index contributed by atoms with van der Waals surface area (Å²) in [5, 5.41) is 15.7. The van der Waals surface area contributed by atoms with Crippen molar-refractivity contribution in [3.8, 4) is 11.5 Å². The fraction of sp³-hybridized carbons (Fsp3) is 0.611. The SMILES string of the molecule is CCCC(CCO)CN=C(NCC)Nc1ccc(OC)c(OC)c1. The molecule has 6 nitrogen and oxygen atoms in total. The van der Waals surface area contributed by atoms with Crippen LogP contribution in [0.25, 0.3) is 0 Å². The summed E-state index contributed by atoms with van der Waals surface area (Å²) < 4.78 is 10.6. The van der Waals surface area contributed by atoms with E-state index in [-0.39, 0.29) is 6.61 Å². The van der Waals surface area contributed by atoms with Crippen LogP contribution in [0.3, 0.4) is 0 Å². The number of methoxy groups -OCH3 is 2. The Kier molecular flexibility index (Phi) is 9.68. The first-order valence-electron chi connectivity index (χ1n) is 8.56. The van der Waals surface area contributed by atoms with Crippen molar-refractivity contribution in [2.24, 2.45) is 10.9 Å². The minimum atomic E-state index is 0.208. The predicted octanol–water partition coefficient (Wildman–Crippen LogP) is 2.88. The molecule has 1 unspecified atom stereocenters. The van der Waals surface area contributed by atoms with Crippen molar-refractivity contribution >= 4 is 11.6 Å². The topological polar surface area (TPSA) is 75.1 Å². The minimum absolute atomic E-state index is 0.208. The van der Waals surface area contributed by atoms with Gasteiger partial charge in [-0.1, -0.05) is 13.3 Å². The summed E-state index contributed by atoms with van der Waals surface area (Å²) in [6.07, 6.45) is 2.95. The summed E-state index contributed by atoms with van der Waals surface area (Å²) in [7, 11) is 3.23. The Morgan fingerprint density at radius 2 is 1.92 bits per heavy atom. The van der Waals surface area contributed by atoms with Crippen molar-refractivity contribution in [1.82, 2.24) is 5.32 Å². The Morgan fingerprint density at radius 1 is 1.17 bits per heavy atom. The molecular formula is C18H31N3O3. The zero-order valence-electron chi connectivity index (χ0n) is 15.3. The third-order valence-corrected chi connectivity index (χ3v) is 3.73. The molecule has 0 saturated heterocycles. The lowest BCUT2D eigenvalue weighted by molar-refractivity contribution is 0.253. The van der Waals surface area contributed by atoms with E-state index in [9.17, 15) is 0 Å². The number of hydrogen-bond acceptors (Lipinski definition) is 4. The molecule has 3 N–H and O–H groups in total. The van der Waals surface area contributed by atoms with Gasteiger partial charge in [0.05, 0.1) is 14.2 Å². The highest BCUT2D eigenvalue weighted by molar-refractivity contribution is 5.93. The van der Waals surface area contributed by atoms with Gasteiger partial charge in [0.1, 0.15) is 0 Å². The fourth-order valence-electron chi connectivity index (χ4n) is 2.50. The molecule has 0 fully saturated rings. The van der Waals surface area contributed by atoms with Crippen molar-refractivity contribution in [3.63, 3.8) is 0 Å². The van der Waals surface area contributed by atoms with Crippen LogP contribution in [0.2, 0.25) is 0 Å². The van der Waals surface area contributed by atoms with E-state index in [0.717, 1.165) is 37.5 Å². The van der Waals surface area contributed by atoms with Crippen LogP contribution in [-0.2, 0) is 0 Å². The number of guanidine groups is 1. The molecule has 6 heteroatoms. The Balaban J connectivity index is 2.82. The number of aliphatic hydroxyl groups is 1. The van der Waals surface area contributed by atoms with Gasteiger partial charge < -0.3 is 25.2 Å². The lowest BCUT2D eigenvalue weighted by Gasteiger charge is -2.16. The third kappa shape index (κ3) is 6.66. The molecule has 24 heavy (non-hydrogen) atoms. The standard InChI is InChI=1S/C18H31N3O3/c1-5-7-14(10-11-22)13-20-18(19-6-2)21-15-8-9-16(23-3)17(12-15)24-4/h8-9,12,14,22H,5-7,10-11,13H2,1-4H3,(H2,19,20,21). The smallest absolute Gasteiger partial charge is 0.195 e. The number of hydrogen-bond donors (Lipinski definition) is 3. The van der Waals surface area contributed by atoms with Crippen LogP contribution < -0.4 is 20.1 Å². The van der Waals surface area contributed by atoms with E-state index in [4.69, 9.17) is 14.6 Å². The van der Waals surface area contributed by atoms with Crippen LogP contribution in [-0.4, -0.2) is 45.0 Å². The third-order valence-electron chi connectivity index (χ3n) is 3.73. The molecule has 1 aromatic rings. The number of nitrogens with zero attached hydrogens (tertiary/aromatic N) is 1. The van der Waals surface area contributed by atoms with Gasteiger partial charge in [-0.3, -0.25) is 4.99 Å². The van der Waals surface area contributed by atoms with E-state index >= 15 is 0 Å². The summed E-state index contributed by atoms with van der Waals surface area (Å²) in [5.41, 5.74) is 0.876. The van der Waals surface area contributed by atoms with E-state index in [1.165, 1.54) is 0 Å². The van der Waals surface area contributed by atoms with Gasteiger partial charge in [-0.2, -0.15) is 0 Å². The highest BCUT2D eigenvalue weighted by Crippen LogP contribution is 2.29. The predicted molar refractivity (Wildman–Crippen MR) is 99.2 cm³/mol. The first kappa shape index (κ1) is 20.1. The van der Waals surface area contributed by atoms with Gasteiger partial charge in [-0.05, 0) is 37.8 Å². The molecule has 0 saturated carbocycles. The van der Waals surface area contributed by atoms with Gasteiger partial charge >= 0.3 is 0 Å². The fourth-order valence-corrected chi connectivity index (χ4v) is 2.50. The second kappa shape index (κ2) is 11.6. The van der Waals surface area contributed by atoms with E-state index in [0.29, 0.717) is 24.0 Å². The summed E-state index contributed by atoms with van der Waals surface area (Å²) in [4.78, 5) is 4.66. The largest absolute Gasteiger partial charge is 0.493 e. The van der Waals surface area contributed by atoms with Crippen molar-refractivity contribution in [2.75, 3.05) is 39.2 Å². The van der Waals surface area contributed by atoms with Gasteiger partial charge in [0.15, 0.2) is 17.5 Å². The van der Waals surface area contributed by atoms with Crippen LogP contribution in [0.4, 0.5) is 5.69 Å². The van der Waals surface area contributed by atoms with Crippen LogP contribution in [0.5, 0.6) is 11.5 Å². The molecule has 0 aromatic heterocycles. The zero-order valence-corrected chi connectivity index (χ0v) is 15.3. The molecule has 136 valence electrons. The average molecular weight is 337 g/mol. The molecule has 0 amide bonds. The highest BCUT2D eigenvalue weighted by Gasteiger charge is 2.09.